The zero-order chi connectivity index (χ0) is 17.6. The molecule has 1 N–H and O–H groups in total. The lowest BCUT2D eigenvalue weighted by Gasteiger charge is -2.38. The van der Waals surface area contributed by atoms with Gasteiger partial charge in [-0.2, -0.15) is 0 Å². The Hall–Kier alpha value is -1.96. The Morgan fingerprint density at radius 2 is 1.72 bits per heavy atom. The molecule has 0 aromatic heterocycles. The van der Waals surface area contributed by atoms with Crippen LogP contribution in [0.3, 0.4) is 0 Å². The molecule has 2 atom stereocenters. The molecule has 4 rings (SSSR count). The highest BCUT2D eigenvalue weighted by molar-refractivity contribution is 8.24. The average Bonchev–Trinajstić information content (AvgIpc) is 2.93. The molecule has 2 fully saturated rings. The van der Waals surface area contributed by atoms with Crippen LogP contribution in [0.15, 0.2) is 54.6 Å². The molecule has 0 radical (unpaired) electrons. The lowest BCUT2D eigenvalue weighted by Crippen LogP contribution is -2.64. The number of hydrogen-bond acceptors (Lipinski definition) is 4. The normalized spacial score (nSPS) is 22.8. The molecule has 2 aromatic rings. The summed E-state index contributed by atoms with van der Waals surface area (Å²) < 4.78 is 0.683. The number of thiocarbonyl (C=S) groups is 2. The van der Waals surface area contributed by atoms with E-state index in [1.54, 1.807) is 4.90 Å². The molecule has 25 heavy (non-hydrogen) atoms. The maximum atomic E-state index is 13.1. The summed E-state index contributed by atoms with van der Waals surface area (Å²) in [6.45, 7) is 2.04. The van der Waals surface area contributed by atoms with Crippen LogP contribution in [0.1, 0.15) is 5.56 Å². The van der Waals surface area contributed by atoms with Gasteiger partial charge in [-0.05, 0) is 42.9 Å². The molecule has 2 aromatic carbocycles. The first-order chi connectivity index (χ1) is 12.1. The summed E-state index contributed by atoms with van der Waals surface area (Å²) in [6.07, 6.45) is -0.265. The molecule has 4 nitrogen and oxygen atoms in total. The van der Waals surface area contributed by atoms with Crippen LogP contribution >= 0.6 is 36.2 Å². The van der Waals surface area contributed by atoms with Crippen molar-refractivity contribution in [1.29, 1.82) is 0 Å². The van der Waals surface area contributed by atoms with E-state index < -0.39 is 0 Å². The van der Waals surface area contributed by atoms with Crippen LogP contribution in [0.5, 0.6) is 0 Å². The number of carbonyl (C=O) groups excluding carboxylic acids is 1. The van der Waals surface area contributed by atoms with Crippen LogP contribution in [0.25, 0.3) is 0 Å². The standard InChI is InChI=1S/C18H15N3OS3/c1-11-7-5-6-10-13(11)21-15-14(25-18(21)24)16(22)20(17(23)19-15)12-8-3-2-4-9-12/h2-10,14-15H,1H3,(H,19,23). The number of para-hydroxylation sites is 2. The fraction of sp³-hybridized carbons (Fsp3) is 0.167. The Balaban J connectivity index is 1.70. The average molecular weight is 386 g/mol. The van der Waals surface area contributed by atoms with Crippen molar-refractivity contribution in [3.8, 4) is 0 Å². The summed E-state index contributed by atoms with van der Waals surface area (Å²) >= 11 is 12.5. The molecule has 2 saturated heterocycles. The summed E-state index contributed by atoms with van der Waals surface area (Å²) in [7, 11) is 0. The fourth-order valence-corrected chi connectivity index (χ4v) is 5.03. The Labute approximate surface area is 161 Å². The van der Waals surface area contributed by atoms with Gasteiger partial charge in [-0.3, -0.25) is 9.69 Å². The van der Waals surface area contributed by atoms with Crippen molar-refractivity contribution in [2.24, 2.45) is 0 Å². The lowest BCUT2D eigenvalue weighted by molar-refractivity contribution is -0.117. The van der Waals surface area contributed by atoms with E-state index >= 15 is 0 Å². The van der Waals surface area contributed by atoms with E-state index in [0.717, 1.165) is 16.9 Å². The van der Waals surface area contributed by atoms with Crippen LogP contribution in [0.4, 0.5) is 11.4 Å². The minimum absolute atomic E-state index is 0.0385. The van der Waals surface area contributed by atoms with E-state index in [9.17, 15) is 4.79 Å². The van der Waals surface area contributed by atoms with Gasteiger partial charge < -0.3 is 10.2 Å². The van der Waals surface area contributed by atoms with Gasteiger partial charge in [-0.1, -0.05) is 60.4 Å². The Kier molecular flexibility index (Phi) is 4.23. The third kappa shape index (κ3) is 2.72. The van der Waals surface area contributed by atoms with Crippen LogP contribution < -0.4 is 15.1 Å². The van der Waals surface area contributed by atoms with Gasteiger partial charge in [0, 0.05) is 5.69 Å². The van der Waals surface area contributed by atoms with Crippen molar-refractivity contribution in [2.45, 2.75) is 18.3 Å². The Bertz CT molecular complexity index is 871. The highest BCUT2D eigenvalue weighted by Gasteiger charge is 2.50. The number of thioether (sulfide) groups is 1. The fourth-order valence-electron chi connectivity index (χ4n) is 3.13. The molecule has 2 heterocycles. The maximum absolute atomic E-state index is 13.1. The second kappa shape index (κ2) is 6.40. The van der Waals surface area contributed by atoms with Gasteiger partial charge in [0.1, 0.15) is 15.7 Å². The predicted octanol–water partition coefficient (Wildman–Crippen LogP) is 3.45. The summed E-state index contributed by atoms with van der Waals surface area (Å²) in [5, 5.41) is 3.39. The number of nitrogens with one attached hydrogen (secondary N) is 1. The number of aryl methyl sites for hydroxylation is 1. The highest BCUT2D eigenvalue weighted by atomic mass is 32.2. The van der Waals surface area contributed by atoms with Gasteiger partial charge in [0.25, 0.3) is 5.91 Å². The van der Waals surface area contributed by atoms with Crippen molar-refractivity contribution in [3.63, 3.8) is 0 Å². The van der Waals surface area contributed by atoms with E-state index in [4.69, 9.17) is 24.4 Å². The highest BCUT2D eigenvalue weighted by Crippen LogP contribution is 2.39. The maximum Gasteiger partial charge on any atom is 0.250 e. The second-order valence-electron chi connectivity index (χ2n) is 5.86. The van der Waals surface area contributed by atoms with Crippen LogP contribution in [0, 0.1) is 6.92 Å². The largest absolute Gasteiger partial charge is 0.340 e. The number of fused-ring (bicyclic) bond motifs is 1. The number of hydrogen-bond donors (Lipinski definition) is 1. The molecule has 2 aliphatic rings. The molecular formula is C18H15N3OS3. The van der Waals surface area contributed by atoms with Crippen LogP contribution in [-0.2, 0) is 4.79 Å². The smallest absolute Gasteiger partial charge is 0.250 e. The van der Waals surface area contributed by atoms with Gasteiger partial charge in [0.2, 0.25) is 0 Å². The first-order valence-corrected chi connectivity index (χ1v) is 9.52. The molecule has 7 heteroatoms. The van der Waals surface area contributed by atoms with Crippen molar-refractivity contribution in [3.05, 3.63) is 60.2 Å². The second-order valence-corrected chi connectivity index (χ2v) is 8.03. The molecule has 0 bridgehead atoms. The van der Waals surface area contributed by atoms with Crippen molar-refractivity contribution in [1.82, 2.24) is 5.32 Å². The van der Waals surface area contributed by atoms with E-state index in [2.05, 4.69) is 5.32 Å². The monoisotopic (exact) mass is 385 g/mol. The lowest BCUT2D eigenvalue weighted by atomic mass is 10.1. The summed E-state index contributed by atoms with van der Waals surface area (Å²) in [4.78, 5) is 16.7. The van der Waals surface area contributed by atoms with E-state index in [1.165, 1.54) is 11.8 Å². The molecule has 1 amide bonds. The van der Waals surface area contributed by atoms with Crippen molar-refractivity contribution < 1.29 is 4.79 Å². The Morgan fingerprint density at radius 1 is 1.04 bits per heavy atom. The number of amides is 1. The van der Waals surface area contributed by atoms with E-state index in [0.29, 0.717) is 9.43 Å². The summed E-state index contributed by atoms with van der Waals surface area (Å²) in [6, 6.07) is 17.5. The first-order valence-electron chi connectivity index (χ1n) is 7.83. The number of nitrogens with zero attached hydrogens (tertiary/aromatic N) is 2. The number of anilines is 2. The van der Waals surface area contributed by atoms with Gasteiger partial charge in [0.05, 0.1) is 5.69 Å². The number of rotatable bonds is 2. The van der Waals surface area contributed by atoms with Crippen LogP contribution in [-0.4, -0.2) is 26.8 Å². The Morgan fingerprint density at radius 3 is 2.44 bits per heavy atom. The minimum atomic E-state index is -0.334. The van der Waals surface area contributed by atoms with Gasteiger partial charge in [-0.15, -0.1) is 0 Å². The van der Waals surface area contributed by atoms with Crippen molar-refractivity contribution >= 4 is 62.9 Å². The molecule has 2 aliphatic heterocycles. The summed E-state index contributed by atoms with van der Waals surface area (Å²) in [5.74, 6) is -0.0385. The molecule has 2 unspecified atom stereocenters. The molecule has 0 aliphatic carbocycles. The zero-order valence-corrected chi connectivity index (χ0v) is 15.8. The number of carbonyl (C=O) groups is 1. The summed E-state index contributed by atoms with van der Waals surface area (Å²) in [5.41, 5.74) is 2.88. The topological polar surface area (TPSA) is 35.6 Å². The molecule has 126 valence electrons. The SMILES string of the molecule is Cc1ccccc1N1C(=S)SC2C(=O)N(c3ccccc3)C(=S)NC21. The van der Waals surface area contributed by atoms with Gasteiger partial charge in [-0.25, -0.2) is 0 Å². The number of benzene rings is 2. The first kappa shape index (κ1) is 16.5. The van der Waals surface area contributed by atoms with Gasteiger partial charge >= 0.3 is 0 Å². The van der Waals surface area contributed by atoms with Crippen molar-refractivity contribution in [2.75, 3.05) is 9.80 Å². The molecular weight excluding hydrogens is 370 g/mol. The van der Waals surface area contributed by atoms with Crippen LogP contribution in [0.2, 0.25) is 0 Å². The van der Waals surface area contributed by atoms with E-state index in [1.807, 2.05) is 66.4 Å². The third-order valence-corrected chi connectivity index (χ3v) is 6.21. The quantitative estimate of drug-likeness (QED) is 0.798. The minimum Gasteiger partial charge on any atom is -0.340 e. The van der Waals surface area contributed by atoms with Gasteiger partial charge in [0.15, 0.2) is 5.11 Å². The third-order valence-electron chi connectivity index (χ3n) is 4.32. The zero-order valence-electron chi connectivity index (χ0n) is 13.4. The molecule has 0 spiro atoms. The molecule has 0 saturated carbocycles. The predicted molar refractivity (Wildman–Crippen MR) is 111 cm³/mol. The van der Waals surface area contributed by atoms with E-state index in [-0.39, 0.29) is 17.3 Å².